The molecule has 5 nitrogen and oxygen atoms in total. The van der Waals surface area contributed by atoms with Gasteiger partial charge in [-0.15, -0.1) is 0 Å². The van der Waals surface area contributed by atoms with Crippen molar-refractivity contribution in [2.45, 2.75) is 32.0 Å². The van der Waals surface area contributed by atoms with Gasteiger partial charge in [0, 0.05) is 0 Å². The van der Waals surface area contributed by atoms with Gasteiger partial charge >= 0.3 is 6.09 Å². The molecular formula is C14H17NO4. The maximum absolute atomic E-state index is 11.8. The predicted octanol–water partition coefficient (Wildman–Crippen LogP) is 1.87. The summed E-state index contributed by atoms with van der Waals surface area (Å²) in [5.74, 6) is -0.376. The number of aliphatic hydroxyl groups excluding tert-OH is 1. The van der Waals surface area contributed by atoms with Crippen molar-refractivity contribution in [3.8, 4) is 0 Å². The maximum Gasteiger partial charge on any atom is 0.413 e. The van der Waals surface area contributed by atoms with Gasteiger partial charge in [-0.05, 0) is 12.0 Å². The van der Waals surface area contributed by atoms with Crippen LogP contribution in [0, 0.1) is 0 Å². The second-order valence-electron chi connectivity index (χ2n) is 4.46. The normalized spacial score (nSPS) is 22.0. The van der Waals surface area contributed by atoms with Crippen LogP contribution < -0.4 is 0 Å². The number of nitrogens with zero attached hydrogens (tertiary/aromatic N) is 1. The average Bonchev–Trinajstić information content (AvgIpc) is 2.44. The quantitative estimate of drug-likeness (QED) is 0.842. The fraction of sp³-hybridized carbons (Fsp3) is 0.429. The lowest BCUT2D eigenvalue weighted by Gasteiger charge is -2.42. The fourth-order valence-electron chi connectivity index (χ4n) is 2.02. The lowest BCUT2D eigenvalue weighted by Crippen LogP contribution is -2.61. The number of Topliss-reactive ketones (excluding diaryl/α,β-unsaturated/α-hetero) is 1. The Morgan fingerprint density at radius 2 is 2.05 bits per heavy atom. The van der Waals surface area contributed by atoms with E-state index in [4.69, 9.17) is 4.74 Å². The summed E-state index contributed by atoms with van der Waals surface area (Å²) in [7, 11) is 0. The van der Waals surface area contributed by atoms with E-state index in [1.165, 1.54) is 0 Å². The summed E-state index contributed by atoms with van der Waals surface area (Å²) >= 11 is 0. The van der Waals surface area contributed by atoms with E-state index >= 15 is 0 Å². The van der Waals surface area contributed by atoms with Crippen LogP contribution in [0.15, 0.2) is 30.3 Å². The van der Waals surface area contributed by atoms with Crippen LogP contribution in [-0.2, 0) is 9.53 Å². The zero-order valence-corrected chi connectivity index (χ0v) is 10.8. The Morgan fingerprint density at radius 3 is 2.68 bits per heavy atom. The van der Waals surface area contributed by atoms with Crippen molar-refractivity contribution in [3.05, 3.63) is 35.9 Å². The summed E-state index contributed by atoms with van der Waals surface area (Å²) < 4.78 is 5.03. The lowest BCUT2D eigenvalue weighted by atomic mass is 9.92. The molecule has 1 unspecified atom stereocenters. The molecule has 19 heavy (non-hydrogen) atoms. The topological polar surface area (TPSA) is 66.8 Å². The van der Waals surface area contributed by atoms with E-state index in [1.807, 2.05) is 13.0 Å². The Hall–Kier alpha value is -1.88. The standard InChI is InChI=1S/C14H17NO4/c1-2-3-9-19-14(18)15-11(12(16)13(15)17)10-7-5-4-6-8-10/h4-8,11,13,17H,2-3,9H2,1H3/t11-,13?/m0/s1. The summed E-state index contributed by atoms with van der Waals surface area (Å²) in [5.41, 5.74) is 0.685. The minimum absolute atomic E-state index is 0.300. The van der Waals surface area contributed by atoms with E-state index in [9.17, 15) is 14.7 Å². The van der Waals surface area contributed by atoms with Crippen molar-refractivity contribution in [1.82, 2.24) is 4.90 Å². The van der Waals surface area contributed by atoms with Gasteiger partial charge < -0.3 is 9.84 Å². The number of carbonyl (C=O) groups is 2. The van der Waals surface area contributed by atoms with E-state index in [2.05, 4.69) is 0 Å². The van der Waals surface area contributed by atoms with E-state index < -0.39 is 18.4 Å². The van der Waals surface area contributed by atoms with Crippen molar-refractivity contribution in [2.75, 3.05) is 6.61 Å². The molecule has 0 radical (unpaired) electrons. The summed E-state index contributed by atoms with van der Waals surface area (Å²) in [4.78, 5) is 24.6. The molecule has 1 N–H and O–H groups in total. The monoisotopic (exact) mass is 263 g/mol. The molecule has 1 fully saturated rings. The van der Waals surface area contributed by atoms with Crippen molar-refractivity contribution in [3.63, 3.8) is 0 Å². The highest BCUT2D eigenvalue weighted by molar-refractivity contribution is 5.99. The summed E-state index contributed by atoms with van der Waals surface area (Å²) in [6.45, 7) is 2.29. The highest BCUT2D eigenvalue weighted by Crippen LogP contribution is 2.34. The number of likely N-dealkylation sites (tertiary alicyclic amines) is 1. The first-order valence-electron chi connectivity index (χ1n) is 6.38. The molecule has 1 aliphatic heterocycles. The van der Waals surface area contributed by atoms with Crippen molar-refractivity contribution < 1.29 is 19.4 Å². The molecule has 0 saturated carbocycles. The Balaban J connectivity index is 2.06. The molecular weight excluding hydrogens is 246 g/mol. The zero-order chi connectivity index (χ0) is 13.8. The first-order chi connectivity index (χ1) is 9.16. The highest BCUT2D eigenvalue weighted by Gasteiger charge is 2.51. The van der Waals surface area contributed by atoms with Crippen LogP contribution in [0.4, 0.5) is 4.79 Å². The Labute approximate surface area is 111 Å². The number of carbonyl (C=O) groups excluding carboxylic acids is 2. The summed E-state index contributed by atoms with van der Waals surface area (Å²) in [5, 5.41) is 9.61. The summed E-state index contributed by atoms with van der Waals surface area (Å²) in [6.07, 6.45) is -0.356. The molecule has 1 aromatic rings. The molecule has 1 aromatic carbocycles. The first kappa shape index (κ1) is 13.5. The van der Waals surface area contributed by atoms with E-state index in [0.717, 1.165) is 17.7 Å². The number of rotatable bonds is 4. The van der Waals surface area contributed by atoms with Gasteiger partial charge in [-0.1, -0.05) is 43.7 Å². The third-order valence-corrected chi connectivity index (χ3v) is 3.12. The molecule has 5 heteroatoms. The number of ketones is 1. The number of hydrogen-bond acceptors (Lipinski definition) is 4. The Kier molecular flexibility index (Phi) is 4.16. The fourth-order valence-corrected chi connectivity index (χ4v) is 2.02. The molecule has 2 atom stereocenters. The second-order valence-corrected chi connectivity index (χ2v) is 4.46. The number of ether oxygens (including phenoxy) is 1. The lowest BCUT2D eigenvalue weighted by molar-refractivity contribution is -0.165. The molecule has 2 rings (SSSR count). The van der Waals surface area contributed by atoms with Crippen molar-refractivity contribution >= 4 is 11.9 Å². The van der Waals surface area contributed by atoms with Crippen LogP contribution in [0.5, 0.6) is 0 Å². The van der Waals surface area contributed by atoms with E-state index in [1.54, 1.807) is 24.3 Å². The molecule has 0 spiro atoms. The molecule has 1 saturated heterocycles. The number of benzene rings is 1. The van der Waals surface area contributed by atoms with Gasteiger partial charge in [0.25, 0.3) is 0 Å². The van der Waals surface area contributed by atoms with Gasteiger partial charge in [0.2, 0.25) is 5.78 Å². The number of aliphatic hydroxyl groups is 1. The number of hydrogen-bond donors (Lipinski definition) is 1. The van der Waals surface area contributed by atoms with Gasteiger partial charge in [0.1, 0.15) is 6.04 Å². The van der Waals surface area contributed by atoms with Crippen molar-refractivity contribution in [2.24, 2.45) is 0 Å². The largest absolute Gasteiger partial charge is 0.449 e. The molecule has 1 amide bonds. The van der Waals surface area contributed by atoms with Crippen LogP contribution in [0.3, 0.4) is 0 Å². The number of amides is 1. The first-order valence-corrected chi connectivity index (χ1v) is 6.38. The predicted molar refractivity (Wildman–Crippen MR) is 68.3 cm³/mol. The highest BCUT2D eigenvalue weighted by atomic mass is 16.6. The maximum atomic E-state index is 11.8. The smallest absolute Gasteiger partial charge is 0.413 e. The zero-order valence-electron chi connectivity index (χ0n) is 10.8. The van der Waals surface area contributed by atoms with Crippen LogP contribution in [0.25, 0.3) is 0 Å². The van der Waals surface area contributed by atoms with Crippen molar-refractivity contribution in [1.29, 1.82) is 0 Å². The van der Waals surface area contributed by atoms with Crippen LogP contribution in [0.2, 0.25) is 0 Å². The van der Waals surface area contributed by atoms with Crippen LogP contribution in [-0.4, -0.2) is 34.7 Å². The molecule has 0 bridgehead atoms. The minimum atomic E-state index is -1.39. The second kappa shape index (κ2) is 5.84. The third-order valence-electron chi connectivity index (χ3n) is 3.12. The summed E-state index contributed by atoms with van der Waals surface area (Å²) in [6, 6.07) is 8.17. The number of unbranched alkanes of at least 4 members (excludes halogenated alkanes) is 1. The van der Waals surface area contributed by atoms with Gasteiger partial charge in [0.05, 0.1) is 6.61 Å². The van der Waals surface area contributed by atoms with Crippen LogP contribution >= 0.6 is 0 Å². The SMILES string of the molecule is CCCCOC(=O)N1C(O)C(=O)[C@@H]1c1ccccc1. The molecule has 1 heterocycles. The van der Waals surface area contributed by atoms with Crippen LogP contribution in [0.1, 0.15) is 31.4 Å². The molecule has 1 aliphatic rings. The van der Waals surface area contributed by atoms with E-state index in [0.29, 0.717) is 12.2 Å². The Morgan fingerprint density at radius 1 is 1.37 bits per heavy atom. The molecule has 0 aliphatic carbocycles. The van der Waals surface area contributed by atoms with E-state index in [-0.39, 0.29) is 5.78 Å². The molecule has 0 aromatic heterocycles. The van der Waals surface area contributed by atoms with Gasteiger partial charge in [-0.2, -0.15) is 0 Å². The van der Waals surface area contributed by atoms with Gasteiger partial charge in [0.15, 0.2) is 6.23 Å². The average molecular weight is 263 g/mol. The molecule has 102 valence electrons. The van der Waals surface area contributed by atoms with Gasteiger partial charge in [-0.25, -0.2) is 4.79 Å². The minimum Gasteiger partial charge on any atom is -0.449 e. The Bertz CT molecular complexity index is 460. The van der Waals surface area contributed by atoms with Gasteiger partial charge in [-0.3, -0.25) is 9.69 Å². The third kappa shape index (κ3) is 2.61.